The standard InChI is InChI=1S/C21H19F7N2O2/c1-4-30(3)11-29-17-8-7-15(18(12(17)2)21(26,27)28)19(31)32-10-13-5-6-14(9-16(13)22)20(23,24)25/h5-9,11H,4,10H2,1-3H3. The molecule has 0 saturated heterocycles. The number of esters is 1. The smallest absolute Gasteiger partial charge is 0.417 e. The second-order valence-corrected chi connectivity index (χ2v) is 6.83. The SMILES string of the molecule is CCN(C)C=Nc1ccc(C(=O)OCc2ccc(C(F)(F)F)cc2F)c(C(F)(F)F)c1C. The molecule has 0 amide bonds. The highest BCUT2D eigenvalue weighted by Gasteiger charge is 2.38. The molecule has 32 heavy (non-hydrogen) atoms. The molecule has 2 aromatic rings. The van der Waals surface area contributed by atoms with E-state index in [1.54, 1.807) is 11.9 Å². The van der Waals surface area contributed by atoms with E-state index < -0.39 is 53.0 Å². The van der Waals surface area contributed by atoms with Gasteiger partial charge in [-0.1, -0.05) is 6.07 Å². The minimum absolute atomic E-state index is 0.0111. The molecule has 0 radical (unpaired) electrons. The lowest BCUT2D eigenvalue weighted by molar-refractivity contribution is -0.139. The highest BCUT2D eigenvalue weighted by Crippen LogP contribution is 2.39. The molecule has 174 valence electrons. The van der Waals surface area contributed by atoms with Gasteiger partial charge in [-0.2, -0.15) is 26.3 Å². The van der Waals surface area contributed by atoms with Crippen molar-refractivity contribution in [3.05, 3.63) is 64.0 Å². The Hall–Kier alpha value is -3.11. The van der Waals surface area contributed by atoms with Gasteiger partial charge in [0.05, 0.1) is 28.7 Å². The van der Waals surface area contributed by atoms with Crippen LogP contribution in [0.15, 0.2) is 35.3 Å². The van der Waals surface area contributed by atoms with Gasteiger partial charge in [-0.15, -0.1) is 0 Å². The number of ether oxygens (including phenoxy) is 1. The largest absolute Gasteiger partial charge is 0.457 e. The summed E-state index contributed by atoms with van der Waals surface area (Å²) in [6.45, 7) is 2.69. The maximum atomic E-state index is 13.9. The second kappa shape index (κ2) is 9.58. The van der Waals surface area contributed by atoms with E-state index in [0.29, 0.717) is 12.6 Å². The van der Waals surface area contributed by atoms with Crippen molar-refractivity contribution in [2.45, 2.75) is 32.8 Å². The van der Waals surface area contributed by atoms with E-state index >= 15 is 0 Å². The zero-order chi connectivity index (χ0) is 24.3. The zero-order valence-corrected chi connectivity index (χ0v) is 17.2. The molecule has 0 aromatic heterocycles. The quantitative estimate of drug-likeness (QED) is 0.223. The summed E-state index contributed by atoms with van der Waals surface area (Å²) in [5.41, 5.74) is -4.06. The van der Waals surface area contributed by atoms with Gasteiger partial charge < -0.3 is 9.64 Å². The molecule has 4 nitrogen and oxygen atoms in total. The number of alkyl halides is 6. The van der Waals surface area contributed by atoms with Crippen LogP contribution in [0.25, 0.3) is 0 Å². The van der Waals surface area contributed by atoms with Gasteiger partial charge in [0.15, 0.2) is 0 Å². The Morgan fingerprint density at radius 2 is 1.75 bits per heavy atom. The summed E-state index contributed by atoms with van der Waals surface area (Å²) in [5.74, 6) is -2.70. The van der Waals surface area contributed by atoms with E-state index in [1.807, 2.05) is 6.92 Å². The van der Waals surface area contributed by atoms with Gasteiger partial charge in [0, 0.05) is 19.2 Å². The Kier molecular flexibility index (Phi) is 7.53. The summed E-state index contributed by atoms with van der Waals surface area (Å²) in [4.78, 5) is 18.0. The molecule has 0 aliphatic rings. The maximum absolute atomic E-state index is 13.9. The van der Waals surface area contributed by atoms with Crippen LogP contribution in [0.3, 0.4) is 0 Å². The molecule has 0 aliphatic heterocycles. The van der Waals surface area contributed by atoms with Gasteiger partial charge >= 0.3 is 18.3 Å². The van der Waals surface area contributed by atoms with Crippen molar-refractivity contribution in [2.75, 3.05) is 13.6 Å². The van der Waals surface area contributed by atoms with Crippen LogP contribution < -0.4 is 0 Å². The number of carbonyl (C=O) groups excluding carboxylic acids is 1. The summed E-state index contributed by atoms with van der Waals surface area (Å²) in [6, 6.07) is 3.65. The summed E-state index contributed by atoms with van der Waals surface area (Å²) in [5, 5.41) is 0. The number of benzene rings is 2. The first-order valence-corrected chi connectivity index (χ1v) is 9.23. The van der Waals surface area contributed by atoms with E-state index in [1.165, 1.54) is 12.4 Å². The van der Waals surface area contributed by atoms with Gasteiger partial charge in [0.25, 0.3) is 0 Å². The minimum atomic E-state index is -4.92. The summed E-state index contributed by atoms with van der Waals surface area (Å²) < 4.78 is 97.5. The number of halogens is 7. The number of hydrogen-bond acceptors (Lipinski definition) is 3. The predicted molar refractivity (Wildman–Crippen MR) is 103 cm³/mol. The highest BCUT2D eigenvalue weighted by atomic mass is 19.4. The molecule has 2 rings (SSSR count). The van der Waals surface area contributed by atoms with Gasteiger partial charge in [-0.3, -0.25) is 0 Å². The lowest BCUT2D eigenvalue weighted by atomic mass is 9.99. The fourth-order valence-electron chi connectivity index (χ4n) is 2.68. The molecule has 0 fully saturated rings. The number of hydrogen-bond donors (Lipinski definition) is 0. The summed E-state index contributed by atoms with van der Waals surface area (Å²) >= 11 is 0. The van der Waals surface area contributed by atoms with Crippen molar-refractivity contribution in [3.8, 4) is 0 Å². The lowest BCUT2D eigenvalue weighted by Crippen LogP contribution is -2.18. The Morgan fingerprint density at radius 1 is 1.09 bits per heavy atom. The molecule has 0 bridgehead atoms. The molecule has 0 atom stereocenters. The number of rotatable bonds is 6. The molecule has 0 N–H and O–H groups in total. The van der Waals surface area contributed by atoms with E-state index in [-0.39, 0.29) is 17.3 Å². The molecule has 2 aromatic carbocycles. The van der Waals surface area contributed by atoms with Crippen molar-refractivity contribution in [1.82, 2.24) is 4.90 Å². The monoisotopic (exact) mass is 464 g/mol. The van der Waals surface area contributed by atoms with E-state index in [9.17, 15) is 35.5 Å². The molecule has 11 heteroatoms. The summed E-state index contributed by atoms with van der Waals surface area (Å²) in [7, 11) is 1.68. The Labute approximate surface area is 179 Å². The third kappa shape index (κ3) is 5.98. The average Bonchev–Trinajstić information content (AvgIpc) is 2.69. The van der Waals surface area contributed by atoms with Gasteiger partial charge in [-0.25, -0.2) is 14.2 Å². The molecule has 0 spiro atoms. The maximum Gasteiger partial charge on any atom is 0.417 e. The minimum Gasteiger partial charge on any atom is -0.457 e. The fraction of sp³-hybridized carbons (Fsp3) is 0.333. The van der Waals surface area contributed by atoms with E-state index in [2.05, 4.69) is 4.99 Å². The number of aliphatic imine (C=N–C) groups is 1. The number of nitrogens with zero attached hydrogens (tertiary/aromatic N) is 2. The van der Waals surface area contributed by atoms with Crippen molar-refractivity contribution in [1.29, 1.82) is 0 Å². The normalized spacial score (nSPS) is 12.3. The van der Waals surface area contributed by atoms with Crippen LogP contribution in [0.4, 0.5) is 36.4 Å². The Balaban J connectivity index is 2.32. The van der Waals surface area contributed by atoms with Crippen molar-refractivity contribution in [3.63, 3.8) is 0 Å². The lowest BCUT2D eigenvalue weighted by Gasteiger charge is -2.17. The average molecular weight is 464 g/mol. The third-order valence-electron chi connectivity index (χ3n) is 4.57. The van der Waals surface area contributed by atoms with Crippen LogP contribution >= 0.6 is 0 Å². The van der Waals surface area contributed by atoms with Crippen LogP contribution in [0, 0.1) is 12.7 Å². The van der Waals surface area contributed by atoms with Gasteiger partial charge in [0.1, 0.15) is 12.4 Å². The van der Waals surface area contributed by atoms with E-state index in [0.717, 1.165) is 19.1 Å². The molecular weight excluding hydrogens is 445 g/mol. The fourth-order valence-corrected chi connectivity index (χ4v) is 2.68. The Bertz CT molecular complexity index is 1010. The van der Waals surface area contributed by atoms with Crippen molar-refractivity contribution in [2.24, 2.45) is 4.99 Å². The van der Waals surface area contributed by atoms with Crippen LogP contribution in [0.1, 0.15) is 39.5 Å². The Morgan fingerprint density at radius 3 is 2.28 bits per heavy atom. The second-order valence-electron chi connectivity index (χ2n) is 6.83. The first-order valence-electron chi connectivity index (χ1n) is 9.23. The molecule has 0 saturated carbocycles. The number of carbonyl (C=O) groups is 1. The molecular formula is C21H19F7N2O2. The topological polar surface area (TPSA) is 41.9 Å². The van der Waals surface area contributed by atoms with Crippen molar-refractivity contribution < 1.29 is 40.3 Å². The highest BCUT2D eigenvalue weighted by molar-refractivity contribution is 5.92. The molecule has 0 unspecified atom stereocenters. The first kappa shape index (κ1) is 25.2. The van der Waals surface area contributed by atoms with Crippen LogP contribution in [-0.2, 0) is 23.7 Å². The zero-order valence-electron chi connectivity index (χ0n) is 17.2. The van der Waals surface area contributed by atoms with Crippen LogP contribution in [0.5, 0.6) is 0 Å². The molecule has 0 aliphatic carbocycles. The van der Waals surface area contributed by atoms with Crippen molar-refractivity contribution >= 4 is 18.0 Å². The van der Waals surface area contributed by atoms with Crippen LogP contribution in [-0.4, -0.2) is 30.8 Å². The van der Waals surface area contributed by atoms with Gasteiger partial charge in [-0.05, 0) is 43.7 Å². The first-order chi connectivity index (χ1) is 14.8. The molecule has 0 heterocycles. The van der Waals surface area contributed by atoms with Crippen LogP contribution in [0.2, 0.25) is 0 Å². The third-order valence-corrected chi connectivity index (χ3v) is 4.57. The summed E-state index contributed by atoms with van der Waals surface area (Å²) in [6.07, 6.45) is -8.35. The van der Waals surface area contributed by atoms with Gasteiger partial charge in [0.2, 0.25) is 0 Å². The predicted octanol–water partition coefficient (Wildman–Crippen LogP) is 6.14. The van der Waals surface area contributed by atoms with E-state index in [4.69, 9.17) is 4.74 Å².